The summed E-state index contributed by atoms with van der Waals surface area (Å²) in [5.74, 6) is 0.288. The maximum atomic E-state index is 12.8. The number of rotatable bonds is 4. The first kappa shape index (κ1) is 23.6. The van der Waals surface area contributed by atoms with Gasteiger partial charge in [0.15, 0.2) is 15.5 Å². The summed E-state index contributed by atoms with van der Waals surface area (Å²) >= 11 is 0. The highest BCUT2D eigenvalue weighted by molar-refractivity contribution is 7.91. The van der Waals surface area contributed by atoms with E-state index in [-0.39, 0.29) is 35.0 Å². The Bertz CT molecular complexity index is 1350. The van der Waals surface area contributed by atoms with Crippen LogP contribution in [-0.4, -0.2) is 65.1 Å². The minimum Gasteiger partial charge on any atom is -0.406 e. The number of hydrogen-bond donors (Lipinski definition) is 1. The Labute approximate surface area is 199 Å². The molecule has 0 saturated carbocycles. The summed E-state index contributed by atoms with van der Waals surface area (Å²) in [7, 11) is -3.03. The summed E-state index contributed by atoms with van der Waals surface area (Å²) in [6, 6.07) is 6.85. The molecule has 35 heavy (non-hydrogen) atoms. The molecule has 2 aliphatic rings. The van der Waals surface area contributed by atoms with E-state index < -0.39 is 16.2 Å². The van der Waals surface area contributed by atoms with Crippen molar-refractivity contribution in [2.75, 3.05) is 24.6 Å². The number of likely N-dealkylation sites (tertiary alicyclic amines) is 1. The van der Waals surface area contributed by atoms with E-state index in [2.05, 4.69) is 19.7 Å². The molecule has 1 N–H and O–H groups in total. The number of benzene rings is 1. The minimum absolute atomic E-state index is 0.0893. The van der Waals surface area contributed by atoms with Crippen molar-refractivity contribution in [2.45, 2.75) is 37.5 Å². The highest BCUT2D eigenvalue weighted by atomic mass is 32.2. The van der Waals surface area contributed by atoms with Gasteiger partial charge in [-0.15, -0.1) is 13.2 Å². The molecular weight excluding hydrogens is 485 g/mol. The van der Waals surface area contributed by atoms with Crippen molar-refractivity contribution in [3.8, 4) is 5.75 Å². The molecule has 12 heteroatoms. The molecule has 2 aliphatic heterocycles. The number of imidazole rings is 1. The maximum Gasteiger partial charge on any atom is 0.573 e. The van der Waals surface area contributed by atoms with Crippen LogP contribution in [-0.2, 0) is 9.84 Å². The van der Waals surface area contributed by atoms with E-state index in [1.54, 1.807) is 11.1 Å². The number of carbonyl (C=O) groups is 1. The molecule has 4 heterocycles. The zero-order valence-corrected chi connectivity index (χ0v) is 19.4. The number of pyridine rings is 1. The second-order valence-corrected chi connectivity index (χ2v) is 11.2. The predicted molar refractivity (Wildman–Crippen MR) is 121 cm³/mol. The molecule has 5 rings (SSSR count). The zero-order chi connectivity index (χ0) is 24.8. The Kier molecular flexibility index (Phi) is 5.94. The number of piperidine rings is 1. The van der Waals surface area contributed by atoms with Crippen molar-refractivity contribution < 1.29 is 31.1 Å². The van der Waals surface area contributed by atoms with E-state index in [0.717, 1.165) is 23.2 Å². The molecule has 2 aromatic heterocycles. The van der Waals surface area contributed by atoms with Crippen molar-refractivity contribution in [1.82, 2.24) is 19.9 Å². The molecule has 0 radical (unpaired) electrons. The molecule has 2 saturated heterocycles. The first-order valence-corrected chi connectivity index (χ1v) is 13.1. The topological polar surface area (TPSA) is 105 Å². The van der Waals surface area contributed by atoms with Gasteiger partial charge in [0.05, 0.1) is 17.0 Å². The van der Waals surface area contributed by atoms with E-state index in [1.807, 2.05) is 6.07 Å². The lowest BCUT2D eigenvalue weighted by atomic mass is 9.89. The number of nitrogens with zero attached hydrogens (tertiary/aromatic N) is 3. The number of alkyl halides is 3. The van der Waals surface area contributed by atoms with Crippen molar-refractivity contribution in [3.05, 3.63) is 53.5 Å². The van der Waals surface area contributed by atoms with Gasteiger partial charge in [-0.05, 0) is 61.1 Å². The summed E-state index contributed by atoms with van der Waals surface area (Å²) < 4.78 is 64.6. The fourth-order valence-corrected chi connectivity index (χ4v) is 6.62. The van der Waals surface area contributed by atoms with Crippen LogP contribution in [0.3, 0.4) is 0 Å². The lowest BCUT2D eigenvalue weighted by Gasteiger charge is -2.32. The molecule has 186 valence electrons. The van der Waals surface area contributed by atoms with Crippen LogP contribution in [0.1, 0.15) is 52.8 Å². The van der Waals surface area contributed by atoms with Gasteiger partial charge in [0, 0.05) is 30.8 Å². The highest BCUT2D eigenvalue weighted by Crippen LogP contribution is 2.34. The third-order valence-electron chi connectivity index (χ3n) is 6.62. The average Bonchev–Trinajstić information content (AvgIpc) is 3.41. The molecule has 8 nitrogen and oxygen atoms in total. The number of halogens is 3. The van der Waals surface area contributed by atoms with Crippen LogP contribution < -0.4 is 4.74 Å². The number of hydrogen-bond acceptors (Lipinski definition) is 6. The molecule has 0 bridgehead atoms. The number of fused-ring (bicyclic) bond motifs is 1. The molecule has 1 amide bonds. The summed E-state index contributed by atoms with van der Waals surface area (Å²) in [6.45, 7) is 0.992. The van der Waals surface area contributed by atoms with Gasteiger partial charge in [-0.25, -0.2) is 18.4 Å². The lowest BCUT2D eigenvalue weighted by Crippen LogP contribution is -2.38. The van der Waals surface area contributed by atoms with Crippen LogP contribution in [0.4, 0.5) is 13.2 Å². The van der Waals surface area contributed by atoms with Gasteiger partial charge in [0.25, 0.3) is 5.91 Å². The highest BCUT2D eigenvalue weighted by Gasteiger charge is 2.33. The number of amides is 1. The monoisotopic (exact) mass is 508 g/mol. The third kappa shape index (κ3) is 5.12. The smallest absolute Gasteiger partial charge is 0.406 e. The van der Waals surface area contributed by atoms with E-state index in [9.17, 15) is 26.4 Å². The average molecular weight is 509 g/mol. The van der Waals surface area contributed by atoms with Crippen LogP contribution in [0.15, 0.2) is 36.5 Å². The molecular formula is C23H23F3N4O4S. The van der Waals surface area contributed by atoms with Crippen LogP contribution in [0.25, 0.3) is 11.2 Å². The molecule has 0 unspecified atom stereocenters. The number of H-pyrrole nitrogens is 1. The number of aromatic nitrogens is 3. The predicted octanol–water partition coefficient (Wildman–Crippen LogP) is 3.78. The standard InChI is InChI=1S/C23H23F3N4O4S/c24-23(25,26)34-17-3-1-15(2-4-17)22(31)30-10-6-14(7-11-30)18-5-9-27-21-19(18)28-20(29-21)16-8-12-35(32,33)13-16/h1-5,9,14,16H,6-8,10-13H2,(H,27,28,29)/t16-/m0/s1. The van der Waals surface area contributed by atoms with Crippen molar-refractivity contribution in [2.24, 2.45) is 0 Å². The van der Waals surface area contributed by atoms with Gasteiger partial charge in [0.2, 0.25) is 0 Å². The zero-order valence-electron chi connectivity index (χ0n) is 18.6. The van der Waals surface area contributed by atoms with Crippen LogP contribution in [0.5, 0.6) is 5.75 Å². The summed E-state index contributed by atoms with van der Waals surface area (Å²) in [5, 5.41) is 0. The van der Waals surface area contributed by atoms with Crippen molar-refractivity contribution in [1.29, 1.82) is 0 Å². The summed E-state index contributed by atoms with van der Waals surface area (Å²) in [5.41, 5.74) is 2.70. The second-order valence-electron chi connectivity index (χ2n) is 8.96. The van der Waals surface area contributed by atoms with E-state index >= 15 is 0 Å². The van der Waals surface area contributed by atoms with Crippen molar-refractivity contribution >= 4 is 26.9 Å². The van der Waals surface area contributed by atoms with Crippen molar-refractivity contribution in [3.63, 3.8) is 0 Å². The largest absolute Gasteiger partial charge is 0.573 e. The van der Waals surface area contributed by atoms with Gasteiger partial charge in [-0.3, -0.25) is 4.79 Å². The maximum absolute atomic E-state index is 12.8. The Morgan fingerprint density at radius 1 is 1.06 bits per heavy atom. The van der Waals surface area contributed by atoms with Gasteiger partial charge in [-0.2, -0.15) is 0 Å². The second kappa shape index (κ2) is 8.81. The molecule has 1 aromatic carbocycles. The molecule has 2 fully saturated rings. The minimum atomic E-state index is -4.78. The summed E-state index contributed by atoms with van der Waals surface area (Å²) in [4.78, 5) is 26.7. The van der Waals surface area contributed by atoms with Crippen LogP contribution >= 0.6 is 0 Å². The first-order valence-electron chi connectivity index (χ1n) is 11.3. The van der Waals surface area contributed by atoms with Crippen LogP contribution in [0, 0.1) is 0 Å². The fraction of sp³-hybridized carbons (Fsp3) is 0.435. The summed E-state index contributed by atoms with van der Waals surface area (Å²) in [6.07, 6.45) is -1.15. The normalized spacial score (nSPS) is 20.9. The van der Waals surface area contributed by atoms with E-state index in [4.69, 9.17) is 0 Å². The fourth-order valence-electron chi connectivity index (χ4n) is 4.87. The van der Waals surface area contributed by atoms with E-state index in [1.165, 1.54) is 12.1 Å². The quantitative estimate of drug-likeness (QED) is 0.575. The first-order chi connectivity index (χ1) is 16.6. The number of ether oxygens (including phenoxy) is 1. The number of carbonyl (C=O) groups excluding carboxylic acids is 1. The number of nitrogens with one attached hydrogen (secondary N) is 1. The van der Waals surface area contributed by atoms with E-state index in [0.29, 0.717) is 49.4 Å². The number of aromatic amines is 1. The molecule has 0 spiro atoms. The Hall–Kier alpha value is -3.15. The molecule has 0 aliphatic carbocycles. The van der Waals surface area contributed by atoms with Gasteiger partial charge >= 0.3 is 6.36 Å². The number of sulfone groups is 1. The third-order valence-corrected chi connectivity index (χ3v) is 8.39. The van der Waals surface area contributed by atoms with Gasteiger partial charge in [0.1, 0.15) is 11.6 Å². The molecule has 3 aromatic rings. The van der Waals surface area contributed by atoms with Gasteiger partial charge < -0.3 is 14.6 Å². The Morgan fingerprint density at radius 2 is 1.77 bits per heavy atom. The lowest BCUT2D eigenvalue weighted by molar-refractivity contribution is -0.274. The molecule has 1 atom stereocenters. The Balaban J connectivity index is 1.26. The SMILES string of the molecule is O=C(c1ccc(OC(F)(F)F)cc1)N1CCC(c2ccnc3nc([C@H]4CCS(=O)(=O)C4)[nH]c23)CC1. The van der Waals surface area contributed by atoms with Gasteiger partial charge in [-0.1, -0.05) is 0 Å². The Morgan fingerprint density at radius 3 is 2.40 bits per heavy atom. The van der Waals surface area contributed by atoms with Crippen LogP contribution in [0.2, 0.25) is 0 Å².